The molecular weight excluding hydrogens is 294 g/mol. The van der Waals surface area contributed by atoms with Crippen molar-refractivity contribution in [1.29, 1.82) is 0 Å². The molecule has 5 heteroatoms. The van der Waals surface area contributed by atoms with Gasteiger partial charge < -0.3 is 9.47 Å². The number of hydrogen-bond donors (Lipinski definition) is 0. The Kier molecular flexibility index (Phi) is 6.94. The molecule has 1 amide bonds. The molecule has 0 aliphatic carbocycles. The zero-order valence-corrected chi connectivity index (χ0v) is 13.2. The number of carbonyl (C=O) groups excluding carboxylic acids is 1. The molecule has 0 spiro atoms. The number of carbonyl (C=O) groups is 1. The molecule has 0 atom stereocenters. The van der Waals surface area contributed by atoms with Gasteiger partial charge in [0.2, 0.25) is 0 Å². The summed E-state index contributed by atoms with van der Waals surface area (Å²) in [6.45, 7) is 2.94. The Hall–Kier alpha value is -2.53. The molecule has 0 saturated heterocycles. The summed E-state index contributed by atoms with van der Waals surface area (Å²) < 4.78 is 10.6. The molecular formula is C18H21NO4. The van der Waals surface area contributed by atoms with Crippen molar-refractivity contribution in [2.75, 3.05) is 19.8 Å². The molecule has 0 radical (unpaired) electrons. The first-order valence-corrected chi connectivity index (χ1v) is 7.58. The fourth-order valence-corrected chi connectivity index (χ4v) is 1.89. The van der Waals surface area contributed by atoms with Crippen molar-refractivity contribution >= 4 is 6.09 Å². The van der Waals surface area contributed by atoms with Crippen molar-refractivity contribution in [2.24, 2.45) is 0 Å². The number of ether oxygens (including phenoxy) is 2. The lowest BCUT2D eigenvalue weighted by molar-refractivity contribution is -0.149. The van der Waals surface area contributed by atoms with Crippen LogP contribution in [0.2, 0.25) is 0 Å². The molecule has 23 heavy (non-hydrogen) atoms. The molecule has 0 aliphatic heterocycles. The fourth-order valence-electron chi connectivity index (χ4n) is 1.89. The van der Waals surface area contributed by atoms with Gasteiger partial charge in [-0.15, -0.1) is 0 Å². The van der Waals surface area contributed by atoms with Gasteiger partial charge >= 0.3 is 6.09 Å². The van der Waals surface area contributed by atoms with Gasteiger partial charge in [0.05, 0.1) is 13.2 Å². The highest BCUT2D eigenvalue weighted by Gasteiger charge is 2.16. The number of hydroxylamine groups is 2. The Morgan fingerprint density at radius 1 is 1.00 bits per heavy atom. The first kappa shape index (κ1) is 16.8. The normalized spacial score (nSPS) is 10.1. The Bertz CT molecular complexity index is 574. The lowest BCUT2D eigenvalue weighted by Crippen LogP contribution is -2.35. The average molecular weight is 315 g/mol. The monoisotopic (exact) mass is 315 g/mol. The van der Waals surface area contributed by atoms with Gasteiger partial charge in [-0.3, -0.25) is 4.84 Å². The molecule has 0 heterocycles. The van der Waals surface area contributed by atoms with Crippen LogP contribution in [0, 0.1) is 0 Å². The van der Waals surface area contributed by atoms with Crippen LogP contribution in [0.1, 0.15) is 12.5 Å². The standard InChI is InChI=1S/C18H21NO4/c1-2-21-18(20)19(23-15-16-9-5-3-6-10-16)13-14-22-17-11-7-4-8-12-17/h3-12H,2,13-15H2,1H3. The van der Waals surface area contributed by atoms with E-state index in [4.69, 9.17) is 14.3 Å². The van der Waals surface area contributed by atoms with E-state index in [1.54, 1.807) is 6.92 Å². The summed E-state index contributed by atoms with van der Waals surface area (Å²) in [6, 6.07) is 19.1. The van der Waals surface area contributed by atoms with E-state index in [0.717, 1.165) is 11.3 Å². The minimum absolute atomic E-state index is 0.278. The van der Waals surface area contributed by atoms with Crippen LogP contribution in [-0.2, 0) is 16.2 Å². The van der Waals surface area contributed by atoms with E-state index in [1.807, 2.05) is 60.7 Å². The highest BCUT2D eigenvalue weighted by Crippen LogP contribution is 2.09. The van der Waals surface area contributed by atoms with Crippen LogP contribution in [0.15, 0.2) is 60.7 Å². The summed E-state index contributed by atoms with van der Waals surface area (Å²) in [7, 11) is 0. The Morgan fingerprint density at radius 3 is 2.30 bits per heavy atom. The van der Waals surface area contributed by atoms with Gasteiger partial charge in [0, 0.05) is 0 Å². The maximum atomic E-state index is 11.9. The summed E-state index contributed by atoms with van der Waals surface area (Å²) in [4.78, 5) is 17.5. The van der Waals surface area contributed by atoms with E-state index in [9.17, 15) is 4.79 Å². The second-order valence-electron chi connectivity index (χ2n) is 4.72. The summed E-state index contributed by atoms with van der Waals surface area (Å²) in [6.07, 6.45) is -0.514. The first-order chi connectivity index (χ1) is 11.3. The van der Waals surface area contributed by atoms with Crippen LogP contribution < -0.4 is 4.74 Å². The van der Waals surface area contributed by atoms with Gasteiger partial charge in [0.25, 0.3) is 0 Å². The molecule has 0 unspecified atom stereocenters. The molecule has 122 valence electrons. The van der Waals surface area contributed by atoms with Crippen molar-refractivity contribution in [3.63, 3.8) is 0 Å². The highest BCUT2D eigenvalue weighted by atomic mass is 16.7. The molecule has 0 N–H and O–H groups in total. The van der Waals surface area contributed by atoms with E-state index < -0.39 is 6.09 Å². The molecule has 2 rings (SSSR count). The van der Waals surface area contributed by atoms with Crippen LogP contribution >= 0.6 is 0 Å². The third-order valence-electron chi connectivity index (χ3n) is 3.01. The molecule has 0 aromatic heterocycles. The van der Waals surface area contributed by atoms with E-state index in [-0.39, 0.29) is 6.54 Å². The van der Waals surface area contributed by atoms with Crippen LogP contribution in [-0.4, -0.2) is 30.9 Å². The van der Waals surface area contributed by atoms with Crippen molar-refractivity contribution in [3.8, 4) is 5.75 Å². The minimum atomic E-state index is -0.514. The number of benzene rings is 2. The van der Waals surface area contributed by atoms with Crippen LogP contribution in [0.25, 0.3) is 0 Å². The summed E-state index contributed by atoms with van der Waals surface area (Å²) in [5, 5.41) is 1.19. The lowest BCUT2D eigenvalue weighted by Gasteiger charge is -2.21. The number of rotatable bonds is 8. The van der Waals surface area contributed by atoms with Crippen molar-refractivity contribution in [1.82, 2.24) is 5.06 Å². The number of nitrogens with zero attached hydrogens (tertiary/aromatic N) is 1. The van der Waals surface area contributed by atoms with E-state index in [0.29, 0.717) is 19.8 Å². The predicted octanol–water partition coefficient (Wildman–Crippen LogP) is 3.66. The Balaban J connectivity index is 1.85. The largest absolute Gasteiger partial charge is 0.492 e. The van der Waals surface area contributed by atoms with Crippen LogP contribution in [0.4, 0.5) is 4.79 Å². The molecule has 0 aliphatic rings. The minimum Gasteiger partial charge on any atom is -0.492 e. The molecule has 2 aromatic rings. The van der Waals surface area contributed by atoms with E-state index in [1.165, 1.54) is 5.06 Å². The van der Waals surface area contributed by atoms with Gasteiger partial charge in [0.15, 0.2) is 0 Å². The topological polar surface area (TPSA) is 48.0 Å². The SMILES string of the molecule is CCOC(=O)N(CCOc1ccccc1)OCc1ccccc1. The summed E-state index contributed by atoms with van der Waals surface area (Å²) in [5.41, 5.74) is 0.978. The molecule has 0 bridgehead atoms. The number of hydrogen-bond acceptors (Lipinski definition) is 4. The van der Waals surface area contributed by atoms with Gasteiger partial charge in [0.1, 0.15) is 19.0 Å². The third kappa shape index (κ3) is 6.00. The van der Waals surface area contributed by atoms with E-state index in [2.05, 4.69) is 0 Å². The first-order valence-electron chi connectivity index (χ1n) is 7.58. The number of para-hydroxylation sites is 1. The smallest absolute Gasteiger partial charge is 0.434 e. The Morgan fingerprint density at radius 2 is 1.65 bits per heavy atom. The predicted molar refractivity (Wildman–Crippen MR) is 86.9 cm³/mol. The third-order valence-corrected chi connectivity index (χ3v) is 3.01. The molecule has 0 saturated carbocycles. The number of amides is 1. The zero-order valence-electron chi connectivity index (χ0n) is 13.2. The van der Waals surface area contributed by atoms with Crippen molar-refractivity contribution < 1.29 is 19.1 Å². The maximum absolute atomic E-state index is 11.9. The molecule has 5 nitrogen and oxygen atoms in total. The second kappa shape index (κ2) is 9.48. The summed E-state index contributed by atoms with van der Waals surface area (Å²) >= 11 is 0. The van der Waals surface area contributed by atoms with Gasteiger partial charge in [-0.25, -0.2) is 4.79 Å². The molecule has 0 fully saturated rings. The van der Waals surface area contributed by atoms with Gasteiger partial charge in [-0.1, -0.05) is 48.5 Å². The highest BCUT2D eigenvalue weighted by molar-refractivity contribution is 5.66. The maximum Gasteiger partial charge on any atom is 0.434 e. The zero-order chi connectivity index (χ0) is 16.3. The molecule has 2 aromatic carbocycles. The Labute approximate surface area is 136 Å². The lowest BCUT2D eigenvalue weighted by atomic mass is 10.2. The van der Waals surface area contributed by atoms with Gasteiger partial charge in [-0.2, -0.15) is 5.06 Å². The second-order valence-corrected chi connectivity index (χ2v) is 4.72. The van der Waals surface area contributed by atoms with Crippen molar-refractivity contribution in [3.05, 3.63) is 66.2 Å². The van der Waals surface area contributed by atoms with Crippen molar-refractivity contribution in [2.45, 2.75) is 13.5 Å². The summed E-state index contributed by atoms with van der Waals surface area (Å²) in [5.74, 6) is 0.749. The average Bonchev–Trinajstić information content (AvgIpc) is 2.60. The fraction of sp³-hybridized carbons (Fsp3) is 0.278. The van der Waals surface area contributed by atoms with Gasteiger partial charge in [-0.05, 0) is 24.6 Å². The van der Waals surface area contributed by atoms with Crippen LogP contribution in [0.3, 0.4) is 0 Å². The van der Waals surface area contributed by atoms with Crippen LogP contribution in [0.5, 0.6) is 5.75 Å². The quantitative estimate of drug-likeness (QED) is 0.698. The van der Waals surface area contributed by atoms with E-state index >= 15 is 0 Å².